The number of nitrogens with zero attached hydrogens (tertiary/aromatic N) is 1. The molecule has 0 spiro atoms. The van der Waals surface area contributed by atoms with Gasteiger partial charge < -0.3 is 15.0 Å². The van der Waals surface area contributed by atoms with E-state index in [0.29, 0.717) is 11.3 Å². The summed E-state index contributed by atoms with van der Waals surface area (Å²) in [6.07, 6.45) is 2.75. The molecular formula is C12H20N2O3. The van der Waals surface area contributed by atoms with Gasteiger partial charge in [-0.1, -0.05) is 19.8 Å². The maximum atomic E-state index is 11.7. The van der Waals surface area contributed by atoms with Gasteiger partial charge in [-0.15, -0.1) is 0 Å². The van der Waals surface area contributed by atoms with Crippen molar-refractivity contribution in [2.75, 3.05) is 14.2 Å². The van der Waals surface area contributed by atoms with Crippen LogP contribution in [0.15, 0.2) is 11.3 Å². The lowest BCUT2D eigenvalue weighted by molar-refractivity contribution is -0.136. The SMILES string of the molecule is CCCCC1NC(=O)N(C)C(C)=C1C(=O)OC. The highest BCUT2D eigenvalue weighted by Gasteiger charge is 2.32. The molecule has 0 radical (unpaired) electrons. The number of hydrogen-bond donors (Lipinski definition) is 1. The third kappa shape index (κ3) is 2.78. The zero-order valence-electron chi connectivity index (χ0n) is 10.9. The fraction of sp³-hybridized carbons (Fsp3) is 0.667. The number of rotatable bonds is 4. The minimum atomic E-state index is -0.365. The first-order chi connectivity index (χ1) is 8.02. The molecule has 1 aliphatic rings. The van der Waals surface area contributed by atoms with E-state index < -0.39 is 0 Å². The Morgan fingerprint density at radius 3 is 2.71 bits per heavy atom. The van der Waals surface area contributed by atoms with Crippen LogP contribution in [0.5, 0.6) is 0 Å². The predicted molar refractivity (Wildman–Crippen MR) is 64.3 cm³/mol. The molecule has 0 fully saturated rings. The Balaban J connectivity index is 3.02. The van der Waals surface area contributed by atoms with E-state index >= 15 is 0 Å². The molecule has 1 N–H and O–H groups in total. The lowest BCUT2D eigenvalue weighted by Crippen LogP contribution is -2.50. The smallest absolute Gasteiger partial charge is 0.337 e. The molecule has 1 unspecified atom stereocenters. The first-order valence-corrected chi connectivity index (χ1v) is 5.86. The predicted octanol–water partition coefficient (Wildman–Crippen LogP) is 1.65. The van der Waals surface area contributed by atoms with Crippen molar-refractivity contribution >= 4 is 12.0 Å². The summed E-state index contributed by atoms with van der Waals surface area (Å²) in [6.45, 7) is 3.84. The van der Waals surface area contributed by atoms with E-state index in [4.69, 9.17) is 4.74 Å². The monoisotopic (exact) mass is 240 g/mol. The van der Waals surface area contributed by atoms with Crippen LogP contribution in [0.3, 0.4) is 0 Å². The first kappa shape index (κ1) is 13.5. The molecular weight excluding hydrogens is 220 g/mol. The van der Waals surface area contributed by atoms with Gasteiger partial charge in [-0.25, -0.2) is 9.59 Å². The molecule has 2 amide bonds. The standard InChI is InChI=1S/C12H20N2O3/c1-5-6-7-9-10(11(15)17-4)8(2)14(3)12(16)13-9/h9H,5-7H2,1-4H3,(H,13,16). The summed E-state index contributed by atoms with van der Waals surface area (Å²) in [4.78, 5) is 24.8. The van der Waals surface area contributed by atoms with Crippen molar-refractivity contribution < 1.29 is 14.3 Å². The minimum absolute atomic E-state index is 0.170. The van der Waals surface area contributed by atoms with Gasteiger partial charge in [0.1, 0.15) is 0 Å². The molecule has 0 saturated carbocycles. The molecule has 5 nitrogen and oxygen atoms in total. The van der Waals surface area contributed by atoms with Gasteiger partial charge in [0.15, 0.2) is 0 Å². The van der Waals surface area contributed by atoms with Gasteiger partial charge >= 0.3 is 12.0 Å². The van der Waals surface area contributed by atoms with Crippen LogP contribution in [0, 0.1) is 0 Å². The maximum absolute atomic E-state index is 11.7. The lowest BCUT2D eigenvalue weighted by Gasteiger charge is -2.32. The van der Waals surface area contributed by atoms with Crippen molar-refractivity contribution in [2.24, 2.45) is 0 Å². The molecule has 0 bridgehead atoms. The van der Waals surface area contributed by atoms with Gasteiger partial charge in [0, 0.05) is 12.7 Å². The van der Waals surface area contributed by atoms with Crippen molar-refractivity contribution in [3.8, 4) is 0 Å². The molecule has 0 saturated heterocycles. The van der Waals surface area contributed by atoms with E-state index in [-0.39, 0.29) is 18.0 Å². The number of esters is 1. The highest BCUT2D eigenvalue weighted by Crippen LogP contribution is 2.22. The van der Waals surface area contributed by atoms with E-state index in [2.05, 4.69) is 12.2 Å². The van der Waals surface area contributed by atoms with E-state index in [1.54, 1.807) is 14.0 Å². The summed E-state index contributed by atoms with van der Waals surface area (Å²) in [5, 5.41) is 2.82. The number of hydrogen-bond acceptors (Lipinski definition) is 3. The van der Waals surface area contributed by atoms with Gasteiger partial charge in [-0.2, -0.15) is 0 Å². The number of allylic oxidation sites excluding steroid dienone is 1. The molecule has 5 heteroatoms. The van der Waals surface area contributed by atoms with Crippen LogP contribution in [-0.4, -0.2) is 37.1 Å². The Morgan fingerprint density at radius 2 is 2.18 bits per heavy atom. The quantitative estimate of drug-likeness (QED) is 0.760. The summed E-state index contributed by atoms with van der Waals surface area (Å²) < 4.78 is 4.78. The van der Waals surface area contributed by atoms with E-state index in [1.165, 1.54) is 12.0 Å². The second kappa shape index (κ2) is 5.70. The van der Waals surface area contributed by atoms with Crippen LogP contribution >= 0.6 is 0 Å². The summed E-state index contributed by atoms with van der Waals surface area (Å²) in [5.74, 6) is -0.365. The second-order valence-electron chi connectivity index (χ2n) is 4.19. The topological polar surface area (TPSA) is 58.6 Å². The molecule has 1 rings (SSSR count). The third-order valence-corrected chi connectivity index (χ3v) is 3.10. The molecule has 1 aliphatic heterocycles. The van der Waals surface area contributed by atoms with Gasteiger partial charge in [0.25, 0.3) is 0 Å². The van der Waals surface area contributed by atoms with Crippen molar-refractivity contribution in [3.05, 3.63) is 11.3 Å². The van der Waals surface area contributed by atoms with E-state index in [0.717, 1.165) is 19.3 Å². The van der Waals surface area contributed by atoms with E-state index in [9.17, 15) is 9.59 Å². The zero-order chi connectivity index (χ0) is 13.0. The lowest BCUT2D eigenvalue weighted by atomic mass is 9.97. The van der Waals surface area contributed by atoms with Crippen molar-refractivity contribution in [2.45, 2.75) is 39.2 Å². The second-order valence-corrected chi connectivity index (χ2v) is 4.19. The Bertz CT molecular complexity index is 350. The van der Waals surface area contributed by atoms with Gasteiger partial charge in [-0.3, -0.25) is 0 Å². The number of nitrogens with one attached hydrogen (secondary N) is 1. The molecule has 1 heterocycles. The number of urea groups is 1. The van der Waals surface area contributed by atoms with Gasteiger partial charge in [0.2, 0.25) is 0 Å². The van der Waals surface area contributed by atoms with Gasteiger partial charge in [0.05, 0.1) is 18.7 Å². The fourth-order valence-electron chi connectivity index (χ4n) is 1.93. The van der Waals surface area contributed by atoms with Crippen LogP contribution in [-0.2, 0) is 9.53 Å². The molecule has 0 aliphatic carbocycles. The average Bonchev–Trinajstić information content (AvgIpc) is 2.32. The maximum Gasteiger partial charge on any atom is 0.337 e. The van der Waals surface area contributed by atoms with E-state index in [1.807, 2.05) is 0 Å². The Kier molecular flexibility index (Phi) is 4.54. The summed E-state index contributed by atoms with van der Waals surface area (Å²) in [7, 11) is 3.00. The summed E-state index contributed by atoms with van der Waals surface area (Å²) >= 11 is 0. The van der Waals surface area contributed by atoms with Gasteiger partial charge in [-0.05, 0) is 13.3 Å². The third-order valence-electron chi connectivity index (χ3n) is 3.10. The highest BCUT2D eigenvalue weighted by molar-refractivity contribution is 5.94. The molecule has 96 valence electrons. The minimum Gasteiger partial charge on any atom is -0.466 e. The normalized spacial score (nSPS) is 20.4. The number of unbranched alkanes of at least 4 members (excludes halogenated alkanes) is 1. The van der Waals surface area contributed by atoms with Crippen LogP contribution in [0.4, 0.5) is 4.79 Å². The average molecular weight is 240 g/mol. The first-order valence-electron chi connectivity index (χ1n) is 5.86. The molecule has 17 heavy (non-hydrogen) atoms. The number of carbonyl (C=O) groups is 2. The molecule has 0 aromatic rings. The largest absolute Gasteiger partial charge is 0.466 e. The Hall–Kier alpha value is -1.52. The molecule has 0 aromatic heterocycles. The zero-order valence-corrected chi connectivity index (χ0v) is 10.9. The van der Waals surface area contributed by atoms with Crippen LogP contribution in [0.25, 0.3) is 0 Å². The van der Waals surface area contributed by atoms with Crippen LogP contribution in [0.2, 0.25) is 0 Å². The van der Waals surface area contributed by atoms with Crippen molar-refractivity contribution in [3.63, 3.8) is 0 Å². The number of amides is 2. The van der Waals surface area contributed by atoms with Crippen LogP contribution in [0.1, 0.15) is 33.1 Å². The molecule has 0 aromatic carbocycles. The van der Waals surface area contributed by atoms with Crippen molar-refractivity contribution in [1.82, 2.24) is 10.2 Å². The summed E-state index contributed by atoms with van der Waals surface area (Å²) in [6, 6.07) is -0.401. The Labute approximate surface area is 102 Å². The molecule has 1 atom stereocenters. The van der Waals surface area contributed by atoms with Crippen LogP contribution < -0.4 is 5.32 Å². The summed E-state index contributed by atoms with van der Waals surface area (Å²) in [5.41, 5.74) is 1.23. The number of carbonyl (C=O) groups excluding carboxylic acids is 2. The number of ether oxygens (including phenoxy) is 1. The Morgan fingerprint density at radius 1 is 1.53 bits per heavy atom. The fourth-order valence-corrected chi connectivity index (χ4v) is 1.93. The highest BCUT2D eigenvalue weighted by atomic mass is 16.5. The number of methoxy groups -OCH3 is 1. The van der Waals surface area contributed by atoms with Crippen molar-refractivity contribution in [1.29, 1.82) is 0 Å².